The maximum Gasteiger partial charge on any atom is 0.144 e. The van der Waals surface area contributed by atoms with E-state index in [-0.39, 0.29) is 17.1 Å². The predicted octanol–water partition coefficient (Wildman–Crippen LogP) is 2.90. The molecule has 0 aromatic heterocycles. The van der Waals surface area contributed by atoms with Gasteiger partial charge in [-0.05, 0) is 50.4 Å². The second-order valence-corrected chi connectivity index (χ2v) is 6.16. The van der Waals surface area contributed by atoms with Crippen molar-refractivity contribution in [2.45, 2.75) is 46.1 Å². The van der Waals surface area contributed by atoms with Crippen molar-refractivity contribution >= 4 is 5.84 Å². The third-order valence-corrected chi connectivity index (χ3v) is 3.73. The fraction of sp³-hybridized carbons (Fsp3) is 0.562. The number of rotatable bonds is 8. The lowest BCUT2D eigenvalue weighted by Crippen LogP contribution is -2.34. The molecular weight excluding hydrogens is 269 g/mol. The molecule has 118 valence electrons. The third kappa shape index (κ3) is 6.12. The zero-order valence-corrected chi connectivity index (χ0v) is 13.1. The summed E-state index contributed by atoms with van der Waals surface area (Å²) in [7, 11) is 0. The van der Waals surface area contributed by atoms with E-state index in [1.165, 1.54) is 12.1 Å². The molecule has 4 nitrogen and oxygen atoms in total. The van der Waals surface area contributed by atoms with Crippen molar-refractivity contribution in [3.63, 3.8) is 0 Å². The first-order chi connectivity index (χ1) is 9.85. The molecule has 1 atom stereocenters. The number of benzene rings is 1. The number of amidine groups is 1. The highest BCUT2D eigenvalue weighted by atomic mass is 19.1. The van der Waals surface area contributed by atoms with Gasteiger partial charge in [-0.1, -0.05) is 31.1 Å². The highest BCUT2D eigenvalue weighted by Crippen LogP contribution is 2.21. The number of hydrogen-bond acceptors (Lipinski definition) is 3. The van der Waals surface area contributed by atoms with Crippen molar-refractivity contribution in [2.24, 2.45) is 16.3 Å². The number of halogens is 1. The summed E-state index contributed by atoms with van der Waals surface area (Å²) in [5.41, 5.74) is 6.48. The Hall–Kier alpha value is -1.62. The van der Waals surface area contributed by atoms with E-state index in [9.17, 15) is 4.39 Å². The fourth-order valence-electron chi connectivity index (χ4n) is 2.19. The van der Waals surface area contributed by atoms with Crippen molar-refractivity contribution in [3.8, 4) is 0 Å². The maximum atomic E-state index is 12.8. The Morgan fingerprint density at radius 1 is 1.38 bits per heavy atom. The molecule has 0 aliphatic rings. The molecule has 0 radical (unpaired) electrons. The van der Waals surface area contributed by atoms with E-state index in [0.717, 1.165) is 31.4 Å². The summed E-state index contributed by atoms with van der Waals surface area (Å²) in [5.74, 6) is 0.0617. The summed E-state index contributed by atoms with van der Waals surface area (Å²) < 4.78 is 12.8. The van der Waals surface area contributed by atoms with Crippen LogP contribution in [0.1, 0.15) is 39.2 Å². The van der Waals surface area contributed by atoms with Crippen LogP contribution in [0.2, 0.25) is 0 Å². The molecule has 0 saturated carbocycles. The van der Waals surface area contributed by atoms with Gasteiger partial charge in [-0.2, -0.15) is 0 Å². The first kappa shape index (κ1) is 17.4. The first-order valence-corrected chi connectivity index (χ1v) is 7.31. The van der Waals surface area contributed by atoms with Crippen molar-refractivity contribution in [2.75, 3.05) is 6.54 Å². The Labute approximate surface area is 126 Å². The molecule has 0 aliphatic carbocycles. The number of nitrogens with two attached hydrogens (primary N) is 1. The standard InChI is InChI=1S/C16H26FN3O/c1-12(11-13-5-7-14(17)8-6-13)19-10-4-9-16(2,3)15(18)20-21/h5-8,12,19,21H,4,9-11H2,1-3H3,(H2,18,20). The minimum atomic E-state index is -0.295. The zero-order valence-electron chi connectivity index (χ0n) is 13.1. The molecule has 5 heteroatoms. The lowest BCUT2D eigenvalue weighted by molar-refractivity contribution is 0.304. The molecule has 4 N–H and O–H groups in total. The van der Waals surface area contributed by atoms with Crippen LogP contribution in [0.25, 0.3) is 0 Å². The summed E-state index contributed by atoms with van der Waals surface area (Å²) in [6.07, 6.45) is 2.65. The first-order valence-electron chi connectivity index (χ1n) is 7.31. The van der Waals surface area contributed by atoms with E-state index in [2.05, 4.69) is 17.4 Å². The van der Waals surface area contributed by atoms with Gasteiger partial charge in [0.15, 0.2) is 0 Å². The van der Waals surface area contributed by atoms with Gasteiger partial charge in [0.2, 0.25) is 0 Å². The van der Waals surface area contributed by atoms with E-state index < -0.39 is 0 Å². The molecule has 1 unspecified atom stereocenters. The molecule has 0 heterocycles. The summed E-state index contributed by atoms with van der Waals surface area (Å²) >= 11 is 0. The van der Waals surface area contributed by atoms with E-state index >= 15 is 0 Å². The Morgan fingerprint density at radius 2 is 2.00 bits per heavy atom. The van der Waals surface area contributed by atoms with Gasteiger partial charge in [0.05, 0.1) is 0 Å². The van der Waals surface area contributed by atoms with Gasteiger partial charge in [-0.25, -0.2) is 4.39 Å². The zero-order chi connectivity index (χ0) is 15.9. The highest BCUT2D eigenvalue weighted by Gasteiger charge is 2.22. The highest BCUT2D eigenvalue weighted by molar-refractivity contribution is 5.85. The van der Waals surface area contributed by atoms with Crippen LogP contribution in [-0.2, 0) is 6.42 Å². The average molecular weight is 295 g/mol. The topological polar surface area (TPSA) is 70.6 Å². The Kier molecular flexibility index (Phi) is 6.62. The van der Waals surface area contributed by atoms with Crippen LogP contribution in [-0.4, -0.2) is 23.6 Å². The summed E-state index contributed by atoms with van der Waals surface area (Å²) in [6.45, 7) is 6.90. The van der Waals surface area contributed by atoms with E-state index in [0.29, 0.717) is 6.04 Å². The number of oxime groups is 1. The summed E-state index contributed by atoms with van der Waals surface area (Å²) in [6, 6.07) is 6.93. The molecular formula is C16H26FN3O. The Bertz CT molecular complexity index is 457. The van der Waals surface area contributed by atoms with E-state index in [1.807, 2.05) is 26.0 Å². The van der Waals surface area contributed by atoms with Crippen LogP contribution in [0.3, 0.4) is 0 Å². The van der Waals surface area contributed by atoms with Gasteiger partial charge in [0, 0.05) is 11.5 Å². The van der Waals surface area contributed by atoms with Crippen LogP contribution in [0.5, 0.6) is 0 Å². The molecule has 0 bridgehead atoms. The minimum absolute atomic E-state index is 0.204. The second-order valence-electron chi connectivity index (χ2n) is 6.16. The summed E-state index contributed by atoms with van der Waals surface area (Å²) in [5, 5.41) is 15.2. The molecule has 1 aromatic carbocycles. The van der Waals surface area contributed by atoms with Crippen molar-refractivity contribution < 1.29 is 9.60 Å². The molecule has 0 aliphatic heterocycles. The molecule has 0 saturated heterocycles. The van der Waals surface area contributed by atoms with Crippen molar-refractivity contribution in [3.05, 3.63) is 35.6 Å². The van der Waals surface area contributed by atoms with Crippen LogP contribution in [0.15, 0.2) is 29.4 Å². The lowest BCUT2D eigenvalue weighted by Gasteiger charge is -2.23. The van der Waals surface area contributed by atoms with E-state index in [1.54, 1.807) is 0 Å². The third-order valence-electron chi connectivity index (χ3n) is 3.73. The van der Waals surface area contributed by atoms with Crippen molar-refractivity contribution in [1.82, 2.24) is 5.32 Å². The van der Waals surface area contributed by atoms with Gasteiger partial charge in [-0.3, -0.25) is 0 Å². The smallest absolute Gasteiger partial charge is 0.144 e. The lowest BCUT2D eigenvalue weighted by atomic mass is 9.86. The molecule has 0 amide bonds. The molecule has 0 fully saturated rings. The van der Waals surface area contributed by atoms with Crippen LogP contribution >= 0.6 is 0 Å². The van der Waals surface area contributed by atoms with Gasteiger partial charge in [-0.15, -0.1) is 0 Å². The normalized spacial score (nSPS) is 14.2. The van der Waals surface area contributed by atoms with E-state index in [4.69, 9.17) is 10.9 Å². The van der Waals surface area contributed by atoms with Gasteiger partial charge < -0.3 is 16.3 Å². The largest absolute Gasteiger partial charge is 0.409 e. The van der Waals surface area contributed by atoms with Crippen LogP contribution in [0, 0.1) is 11.2 Å². The molecule has 0 spiro atoms. The SMILES string of the molecule is CC(Cc1ccc(F)cc1)NCCCC(C)(C)C(N)=NO. The monoisotopic (exact) mass is 295 g/mol. The second kappa shape index (κ2) is 7.98. The van der Waals surface area contributed by atoms with Gasteiger partial charge >= 0.3 is 0 Å². The average Bonchev–Trinajstić information content (AvgIpc) is 2.45. The molecule has 1 aromatic rings. The quantitative estimate of drug-likeness (QED) is 0.227. The maximum absolute atomic E-state index is 12.8. The van der Waals surface area contributed by atoms with Crippen molar-refractivity contribution in [1.29, 1.82) is 0 Å². The van der Waals surface area contributed by atoms with Crippen LogP contribution < -0.4 is 11.1 Å². The summed E-state index contributed by atoms with van der Waals surface area (Å²) in [4.78, 5) is 0. The van der Waals surface area contributed by atoms with Gasteiger partial charge in [0.25, 0.3) is 0 Å². The molecule has 21 heavy (non-hydrogen) atoms. The Balaban J connectivity index is 2.28. The number of nitrogens with one attached hydrogen (secondary N) is 1. The Morgan fingerprint density at radius 3 is 2.57 bits per heavy atom. The molecule has 1 rings (SSSR count). The number of hydrogen-bond donors (Lipinski definition) is 3. The number of nitrogens with zero attached hydrogens (tertiary/aromatic N) is 1. The predicted molar refractivity (Wildman–Crippen MR) is 84.0 cm³/mol. The minimum Gasteiger partial charge on any atom is -0.409 e. The fourth-order valence-corrected chi connectivity index (χ4v) is 2.19. The van der Waals surface area contributed by atoms with Crippen LogP contribution in [0.4, 0.5) is 4.39 Å². The van der Waals surface area contributed by atoms with Gasteiger partial charge in [0.1, 0.15) is 11.7 Å².